The summed E-state index contributed by atoms with van der Waals surface area (Å²) in [5.74, 6) is -0.0475. The number of unbranched alkanes of at least 4 members (excludes halogenated alkanes) is 39. The molecule has 0 fully saturated rings. The zero-order valence-corrected chi connectivity index (χ0v) is 45.6. The molecule has 0 aromatic carbocycles. The number of rotatable bonds is 56. The molecule has 68 heavy (non-hydrogen) atoms. The Morgan fingerprint density at radius 2 is 0.735 bits per heavy atom. The number of esters is 1. The van der Waals surface area contributed by atoms with Gasteiger partial charge in [0, 0.05) is 12.8 Å². The van der Waals surface area contributed by atoms with E-state index in [1.54, 1.807) is 0 Å². The molecule has 0 aliphatic rings. The van der Waals surface area contributed by atoms with Gasteiger partial charge in [0.2, 0.25) is 5.91 Å². The second kappa shape index (κ2) is 57.7. The Bertz CT molecular complexity index is 1100. The summed E-state index contributed by atoms with van der Waals surface area (Å²) < 4.78 is 5.48. The van der Waals surface area contributed by atoms with Crippen molar-refractivity contribution in [1.29, 1.82) is 0 Å². The van der Waals surface area contributed by atoms with Crippen LogP contribution in [-0.2, 0) is 14.3 Å². The van der Waals surface area contributed by atoms with Crippen molar-refractivity contribution in [2.75, 3.05) is 13.2 Å². The fourth-order valence-electron chi connectivity index (χ4n) is 9.25. The van der Waals surface area contributed by atoms with E-state index in [1.807, 2.05) is 0 Å². The van der Waals surface area contributed by atoms with Gasteiger partial charge >= 0.3 is 5.97 Å². The fraction of sp³-hybridized carbons (Fsp3) is 0.871. The fourth-order valence-corrected chi connectivity index (χ4v) is 9.25. The number of aliphatic hydroxyl groups is 2. The van der Waals surface area contributed by atoms with E-state index in [2.05, 4.69) is 55.6 Å². The predicted molar refractivity (Wildman–Crippen MR) is 296 cm³/mol. The average molecular weight is 957 g/mol. The lowest BCUT2D eigenvalue weighted by Crippen LogP contribution is -2.45. The van der Waals surface area contributed by atoms with E-state index in [0.29, 0.717) is 25.9 Å². The van der Waals surface area contributed by atoms with Gasteiger partial charge in [0.15, 0.2) is 0 Å². The van der Waals surface area contributed by atoms with Crippen molar-refractivity contribution in [2.45, 2.75) is 334 Å². The van der Waals surface area contributed by atoms with Gasteiger partial charge in [-0.1, -0.05) is 262 Å². The van der Waals surface area contributed by atoms with Crippen molar-refractivity contribution < 1.29 is 24.5 Å². The number of amides is 1. The Morgan fingerprint density at radius 1 is 0.412 bits per heavy atom. The van der Waals surface area contributed by atoms with Crippen LogP contribution in [0, 0.1) is 0 Å². The van der Waals surface area contributed by atoms with E-state index in [-0.39, 0.29) is 18.5 Å². The molecule has 0 saturated carbocycles. The SMILES string of the molecule is CCCCC/C=C\C/C=C\CCCCCCCCCC(=O)OCCCCCCCCCC/C=C\CCCCCCCCCC(=O)NC(CO)C(O)CCCCCCCCCCCCCCCCC. The molecular weight excluding hydrogens is 839 g/mol. The van der Waals surface area contributed by atoms with Gasteiger partial charge in [-0.25, -0.2) is 0 Å². The van der Waals surface area contributed by atoms with Crippen LogP contribution in [0.2, 0.25) is 0 Å². The third-order valence-corrected chi connectivity index (χ3v) is 13.9. The van der Waals surface area contributed by atoms with E-state index in [0.717, 1.165) is 51.4 Å². The quantitative estimate of drug-likeness (QED) is 0.0321. The standard InChI is InChI=1S/C62H117NO5/c1-3-5-7-9-11-13-15-17-19-23-28-32-36-40-44-48-52-56-62(67)68-57-53-49-45-41-37-33-29-25-22-20-21-24-27-31-35-39-43-47-51-55-61(66)63-59(58-64)60(65)54-50-46-42-38-34-30-26-18-16-14-12-10-8-6-4-2/h11,13,17,19-21,59-60,64-65H,3-10,12,14-16,18,22-58H2,1-2H3,(H,63,66)/b13-11-,19-17-,21-20-. The summed E-state index contributed by atoms with van der Waals surface area (Å²) in [6.45, 7) is 4.92. The Morgan fingerprint density at radius 3 is 1.16 bits per heavy atom. The normalized spacial score (nSPS) is 12.8. The van der Waals surface area contributed by atoms with Gasteiger partial charge in [0.05, 0.1) is 25.4 Å². The van der Waals surface area contributed by atoms with E-state index < -0.39 is 12.1 Å². The van der Waals surface area contributed by atoms with Crippen LogP contribution in [0.5, 0.6) is 0 Å². The molecule has 400 valence electrons. The summed E-state index contributed by atoms with van der Waals surface area (Å²) in [6, 6.07) is -0.549. The Balaban J connectivity index is 3.44. The molecule has 0 aliphatic heterocycles. The monoisotopic (exact) mass is 956 g/mol. The molecule has 0 aliphatic carbocycles. The first-order valence-electron chi connectivity index (χ1n) is 30.2. The molecule has 2 atom stereocenters. The van der Waals surface area contributed by atoms with Crippen molar-refractivity contribution in [3.63, 3.8) is 0 Å². The van der Waals surface area contributed by atoms with Crippen LogP contribution in [0.3, 0.4) is 0 Å². The van der Waals surface area contributed by atoms with E-state index >= 15 is 0 Å². The topological polar surface area (TPSA) is 95.9 Å². The minimum atomic E-state index is -0.671. The highest BCUT2D eigenvalue weighted by Crippen LogP contribution is 2.17. The lowest BCUT2D eigenvalue weighted by atomic mass is 10.0. The van der Waals surface area contributed by atoms with Crippen molar-refractivity contribution in [1.82, 2.24) is 5.32 Å². The summed E-state index contributed by atoms with van der Waals surface area (Å²) in [4.78, 5) is 24.5. The summed E-state index contributed by atoms with van der Waals surface area (Å²) >= 11 is 0. The second-order valence-corrected chi connectivity index (χ2v) is 20.7. The van der Waals surface area contributed by atoms with Crippen LogP contribution < -0.4 is 5.32 Å². The smallest absolute Gasteiger partial charge is 0.305 e. The van der Waals surface area contributed by atoms with Crippen LogP contribution in [-0.4, -0.2) is 47.4 Å². The highest BCUT2D eigenvalue weighted by atomic mass is 16.5. The molecule has 0 heterocycles. The largest absolute Gasteiger partial charge is 0.466 e. The molecule has 0 aromatic rings. The maximum absolute atomic E-state index is 12.5. The number of aliphatic hydroxyl groups excluding tert-OH is 2. The van der Waals surface area contributed by atoms with E-state index in [9.17, 15) is 19.8 Å². The number of ether oxygens (including phenoxy) is 1. The molecule has 6 nitrogen and oxygen atoms in total. The number of carbonyl (C=O) groups excluding carboxylic acids is 2. The van der Waals surface area contributed by atoms with Crippen molar-refractivity contribution in [2.24, 2.45) is 0 Å². The van der Waals surface area contributed by atoms with Gasteiger partial charge in [-0.15, -0.1) is 0 Å². The molecule has 0 radical (unpaired) electrons. The van der Waals surface area contributed by atoms with Crippen molar-refractivity contribution in [3.8, 4) is 0 Å². The number of hydrogen-bond donors (Lipinski definition) is 3. The highest BCUT2D eigenvalue weighted by molar-refractivity contribution is 5.76. The Kier molecular flexibility index (Phi) is 56.0. The van der Waals surface area contributed by atoms with Crippen LogP contribution in [0.15, 0.2) is 36.5 Å². The summed E-state index contributed by atoms with van der Waals surface area (Å²) in [5.41, 5.74) is 0. The van der Waals surface area contributed by atoms with E-state index in [4.69, 9.17) is 4.74 Å². The first kappa shape index (κ1) is 66.1. The second-order valence-electron chi connectivity index (χ2n) is 20.7. The highest BCUT2D eigenvalue weighted by Gasteiger charge is 2.20. The van der Waals surface area contributed by atoms with Gasteiger partial charge in [0.1, 0.15) is 0 Å². The molecule has 3 N–H and O–H groups in total. The summed E-state index contributed by atoms with van der Waals surface area (Å²) in [6.07, 6.45) is 71.4. The lowest BCUT2D eigenvalue weighted by Gasteiger charge is -2.22. The minimum Gasteiger partial charge on any atom is -0.466 e. The number of allylic oxidation sites excluding steroid dienone is 6. The zero-order chi connectivity index (χ0) is 49.3. The average Bonchev–Trinajstić information content (AvgIpc) is 3.34. The molecule has 0 aromatic heterocycles. The molecular formula is C62H117NO5. The molecule has 2 unspecified atom stereocenters. The molecule has 6 heteroatoms. The predicted octanol–water partition coefficient (Wildman–Crippen LogP) is 18.8. The van der Waals surface area contributed by atoms with Gasteiger partial charge < -0.3 is 20.3 Å². The van der Waals surface area contributed by atoms with E-state index in [1.165, 1.54) is 238 Å². The lowest BCUT2D eigenvalue weighted by molar-refractivity contribution is -0.143. The number of hydrogen-bond acceptors (Lipinski definition) is 5. The summed E-state index contributed by atoms with van der Waals surface area (Å²) in [5, 5.41) is 23.3. The molecule has 1 amide bonds. The third kappa shape index (κ3) is 53.4. The van der Waals surface area contributed by atoms with Crippen molar-refractivity contribution >= 4 is 11.9 Å². The number of nitrogens with one attached hydrogen (secondary N) is 1. The Hall–Kier alpha value is -1.92. The first-order valence-corrected chi connectivity index (χ1v) is 30.2. The molecule has 0 spiro atoms. The first-order chi connectivity index (χ1) is 33.5. The maximum Gasteiger partial charge on any atom is 0.305 e. The molecule has 0 rings (SSSR count). The van der Waals surface area contributed by atoms with Crippen LogP contribution >= 0.6 is 0 Å². The minimum absolute atomic E-state index is 0.00373. The third-order valence-electron chi connectivity index (χ3n) is 13.9. The molecule has 0 bridgehead atoms. The van der Waals surface area contributed by atoms with Crippen LogP contribution in [0.25, 0.3) is 0 Å². The summed E-state index contributed by atoms with van der Waals surface area (Å²) in [7, 11) is 0. The van der Waals surface area contributed by atoms with Gasteiger partial charge in [0.25, 0.3) is 0 Å². The van der Waals surface area contributed by atoms with Gasteiger partial charge in [-0.05, 0) is 83.5 Å². The molecule has 0 saturated heterocycles. The van der Waals surface area contributed by atoms with Crippen LogP contribution in [0.4, 0.5) is 0 Å². The maximum atomic E-state index is 12.5. The van der Waals surface area contributed by atoms with Gasteiger partial charge in [-0.2, -0.15) is 0 Å². The number of carbonyl (C=O) groups is 2. The zero-order valence-electron chi connectivity index (χ0n) is 45.6. The Labute approximate surface area is 424 Å². The van der Waals surface area contributed by atoms with Crippen molar-refractivity contribution in [3.05, 3.63) is 36.5 Å². The van der Waals surface area contributed by atoms with Gasteiger partial charge in [-0.3, -0.25) is 9.59 Å². The van der Waals surface area contributed by atoms with Crippen LogP contribution in [0.1, 0.15) is 322 Å².